The summed E-state index contributed by atoms with van der Waals surface area (Å²) < 4.78 is 13.1. The van der Waals surface area contributed by atoms with E-state index >= 15 is 0 Å². The normalized spacial score (nSPS) is 10.5. The summed E-state index contributed by atoms with van der Waals surface area (Å²) in [4.78, 5) is 8.57. The van der Waals surface area contributed by atoms with Crippen molar-refractivity contribution in [3.63, 3.8) is 0 Å². The lowest BCUT2D eigenvalue weighted by Crippen LogP contribution is -2.09. The number of hydrogen-bond donors (Lipinski definition) is 2. The molecule has 2 rings (SSSR count). The molecule has 5 heteroatoms. The van der Waals surface area contributed by atoms with Gasteiger partial charge in [-0.2, -0.15) is 0 Å². The number of anilines is 2. The second-order valence-corrected chi connectivity index (χ2v) is 4.65. The van der Waals surface area contributed by atoms with Crippen molar-refractivity contribution in [2.75, 3.05) is 17.6 Å². The van der Waals surface area contributed by atoms with Crippen LogP contribution in [0.3, 0.4) is 0 Å². The van der Waals surface area contributed by atoms with Crippen molar-refractivity contribution in [1.29, 1.82) is 0 Å². The Balaban J connectivity index is 1.93. The number of nitrogens with one attached hydrogen (secondary N) is 1. The van der Waals surface area contributed by atoms with E-state index in [1.807, 2.05) is 6.07 Å². The Morgan fingerprint density at radius 2 is 2.05 bits per heavy atom. The second kappa shape index (κ2) is 6.84. The van der Waals surface area contributed by atoms with Crippen molar-refractivity contribution in [2.45, 2.75) is 26.2 Å². The number of aromatic nitrogens is 2. The van der Waals surface area contributed by atoms with E-state index in [1.54, 1.807) is 18.2 Å². The molecule has 1 heterocycles. The Morgan fingerprint density at radius 1 is 1.20 bits per heavy atom. The minimum absolute atomic E-state index is 0.209. The van der Waals surface area contributed by atoms with Gasteiger partial charge >= 0.3 is 0 Å². The van der Waals surface area contributed by atoms with Gasteiger partial charge in [0.1, 0.15) is 23.3 Å². The topological polar surface area (TPSA) is 63.8 Å². The van der Waals surface area contributed by atoms with Gasteiger partial charge < -0.3 is 11.1 Å². The van der Waals surface area contributed by atoms with E-state index in [0.717, 1.165) is 36.5 Å². The van der Waals surface area contributed by atoms with Gasteiger partial charge in [-0.25, -0.2) is 14.4 Å². The minimum Gasteiger partial charge on any atom is -0.384 e. The second-order valence-electron chi connectivity index (χ2n) is 4.65. The average Bonchev–Trinajstić information content (AvgIpc) is 2.38. The lowest BCUT2D eigenvalue weighted by atomic mass is 10.1. The first kappa shape index (κ1) is 14.2. The van der Waals surface area contributed by atoms with Crippen LogP contribution in [0, 0.1) is 5.82 Å². The van der Waals surface area contributed by atoms with Crippen LogP contribution >= 0.6 is 0 Å². The molecule has 0 aliphatic rings. The number of rotatable bonds is 6. The molecule has 0 unspecified atom stereocenters. The largest absolute Gasteiger partial charge is 0.384 e. The molecule has 0 saturated heterocycles. The Hall–Kier alpha value is -2.17. The zero-order valence-corrected chi connectivity index (χ0v) is 11.6. The lowest BCUT2D eigenvalue weighted by molar-refractivity contribution is 0.625. The van der Waals surface area contributed by atoms with Gasteiger partial charge in [0.25, 0.3) is 0 Å². The van der Waals surface area contributed by atoms with E-state index in [4.69, 9.17) is 5.73 Å². The van der Waals surface area contributed by atoms with Gasteiger partial charge in [0.05, 0.1) is 0 Å². The number of nitrogens with zero attached hydrogens (tertiary/aromatic N) is 2. The third kappa shape index (κ3) is 4.19. The van der Waals surface area contributed by atoms with Crippen LogP contribution in [0.5, 0.6) is 0 Å². The summed E-state index contributed by atoms with van der Waals surface area (Å²) in [5.74, 6) is 1.73. The molecule has 0 saturated carbocycles. The molecular weight excluding hydrogens is 255 g/mol. The molecule has 0 spiro atoms. The Labute approximate surface area is 118 Å². The molecule has 1 aromatic heterocycles. The summed E-state index contributed by atoms with van der Waals surface area (Å²) in [5.41, 5.74) is 6.70. The zero-order chi connectivity index (χ0) is 14.4. The number of halogens is 1. The maximum Gasteiger partial charge on any atom is 0.133 e. The fraction of sp³-hybridized carbons (Fsp3) is 0.333. The van der Waals surface area contributed by atoms with Crippen LogP contribution in [0.15, 0.2) is 30.3 Å². The van der Waals surface area contributed by atoms with Crippen LogP contribution in [0.2, 0.25) is 0 Å². The molecule has 20 heavy (non-hydrogen) atoms. The quantitative estimate of drug-likeness (QED) is 0.850. The van der Waals surface area contributed by atoms with E-state index in [-0.39, 0.29) is 5.82 Å². The first-order valence-corrected chi connectivity index (χ1v) is 6.79. The molecule has 0 bridgehead atoms. The third-order valence-electron chi connectivity index (χ3n) is 2.87. The number of nitrogen functional groups attached to an aromatic ring is 1. The van der Waals surface area contributed by atoms with Crippen molar-refractivity contribution in [3.8, 4) is 0 Å². The summed E-state index contributed by atoms with van der Waals surface area (Å²) in [6.45, 7) is 2.75. The molecular formula is C15H19FN4. The first-order valence-electron chi connectivity index (χ1n) is 6.79. The molecule has 0 amide bonds. The zero-order valence-electron chi connectivity index (χ0n) is 11.6. The van der Waals surface area contributed by atoms with Crippen LogP contribution in [0.4, 0.5) is 16.0 Å². The Bertz CT molecular complexity index is 572. The highest BCUT2D eigenvalue weighted by atomic mass is 19.1. The van der Waals surface area contributed by atoms with Gasteiger partial charge in [0, 0.05) is 19.0 Å². The van der Waals surface area contributed by atoms with E-state index in [0.29, 0.717) is 12.4 Å². The fourth-order valence-electron chi connectivity index (χ4n) is 1.97. The number of aryl methyl sites for hydroxylation is 1. The summed E-state index contributed by atoms with van der Waals surface area (Å²) >= 11 is 0. The molecule has 0 aliphatic heterocycles. The summed E-state index contributed by atoms with van der Waals surface area (Å²) in [6, 6.07) is 8.32. The third-order valence-corrected chi connectivity index (χ3v) is 2.87. The van der Waals surface area contributed by atoms with Gasteiger partial charge in [-0.3, -0.25) is 0 Å². The molecule has 3 N–H and O–H groups in total. The Morgan fingerprint density at radius 3 is 2.80 bits per heavy atom. The van der Waals surface area contributed by atoms with Gasteiger partial charge in [0.15, 0.2) is 0 Å². The molecule has 0 aliphatic carbocycles. The average molecular weight is 274 g/mol. The van der Waals surface area contributed by atoms with Crippen LogP contribution in [0.25, 0.3) is 0 Å². The summed E-state index contributed by atoms with van der Waals surface area (Å²) in [6.07, 6.45) is 2.51. The van der Waals surface area contributed by atoms with Gasteiger partial charge in [-0.05, 0) is 30.5 Å². The molecule has 4 nitrogen and oxygen atoms in total. The maximum absolute atomic E-state index is 13.1. The van der Waals surface area contributed by atoms with Gasteiger partial charge in [-0.15, -0.1) is 0 Å². The number of hydrogen-bond acceptors (Lipinski definition) is 4. The SMILES string of the molecule is CCCc1nc(N)cc(NCCc2cccc(F)c2)n1. The number of benzene rings is 1. The summed E-state index contributed by atoms with van der Waals surface area (Å²) in [7, 11) is 0. The first-order chi connectivity index (χ1) is 9.67. The monoisotopic (exact) mass is 274 g/mol. The van der Waals surface area contributed by atoms with Gasteiger partial charge in [-0.1, -0.05) is 19.1 Å². The van der Waals surface area contributed by atoms with Crippen LogP contribution in [0.1, 0.15) is 24.7 Å². The van der Waals surface area contributed by atoms with Crippen LogP contribution in [-0.4, -0.2) is 16.5 Å². The van der Waals surface area contributed by atoms with Crippen molar-refractivity contribution in [2.24, 2.45) is 0 Å². The molecule has 106 valence electrons. The van der Waals surface area contributed by atoms with Crippen molar-refractivity contribution < 1.29 is 4.39 Å². The Kier molecular flexibility index (Phi) is 4.87. The highest BCUT2D eigenvalue weighted by Gasteiger charge is 2.02. The predicted octanol–water partition coefficient (Wildman–Crippen LogP) is 2.81. The predicted molar refractivity (Wildman–Crippen MR) is 79.0 cm³/mol. The molecule has 2 aromatic rings. The van der Waals surface area contributed by atoms with E-state index < -0.39 is 0 Å². The number of nitrogens with two attached hydrogens (primary N) is 1. The van der Waals surface area contributed by atoms with Crippen molar-refractivity contribution in [1.82, 2.24) is 9.97 Å². The van der Waals surface area contributed by atoms with Crippen molar-refractivity contribution >= 4 is 11.6 Å². The highest BCUT2D eigenvalue weighted by molar-refractivity contribution is 5.44. The van der Waals surface area contributed by atoms with Crippen LogP contribution in [-0.2, 0) is 12.8 Å². The van der Waals surface area contributed by atoms with Crippen molar-refractivity contribution in [3.05, 3.63) is 47.5 Å². The minimum atomic E-state index is -0.209. The highest BCUT2D eigenvalue weighted by Crippen LogP contribution is 2.10. The maximum atomic E-state index is 13.1. The van der Waals surface area contributed by atoms with E-state index in [1.165, 1.54) is 6.07 Å². The molecule has 1 aromatic carbocycles. The molecule has 0 atom stereocenters. The standard InChI is InChI=1S/C15H19FN4/c1-2-4-14-19-13(17)10-15(20-14)18-8-7-11-5-3-6-12(16)9-11/h3,5-6,9-10H,2,4,7-8H2,1H3,(H3,17,18,19,20). The van der Waals surface area contributed by atoms with E-state index in [2.05, 4.69) is 22.2 Å². The fourth-order valence-corrected chi connectivity index (χ4v) is 1.97. The van der Waals surface area contributed by atoms with Crippen LogP contribution < -0.4 is 11.1 Å². The molecule has 0 radical (unpaired) electrons. The smallest absolute Gasteiger partial charge is 0.133 e. The van der Waals surface area contributed by atoms with E-state index in [9.17, 15) is 4.39 Å². The molecule has 0 fully saturated rings. The summed E-state index contributed by atoms with van der Waals surface area (Å²) in [5, 5.41) is 3.20. The van der Waals surface area contributed by atoms with Gasteiger partial charge in [0.2, 0.25) is 0 Å². The lowest BCUT2D eigenvalue weighted by Gasteiger charge is -2.08.